The van der Waals surface area contributed by atoms with Crippen LogP contribution in [0.2, 0.25) is 0 Å². The Bertz CT molecular complexity index is 469. The van der Waals surface area contributed by atoms with Gasteiger partial charge in [0.2, 0.25) is 7.37 Å². The van der Waals surface area contributed by atoms with E-state index in [-0.39, 0.29) is 37.5 Å². The average molecular weight is 352 g/mol. The molecule has 0 radical (unpaired) electrons. The number of aliphatic hydroxyl groups excluding tert-OH is 2. The molecule has 0 rings (SSSR count). The van der Waals surface area contributed by atoms with E-state index in [1.165, 1.54) is 6.92 Å². The molecule has 8 nitrogen and oxygen atoms in total. The largest absolute Gasteiger partial charge is 0.481 e. The van der Waals surface area contributed by atoms with Crippen LogP contribution in [0.25, 0.3) is 0 Å². The third-order valence-electron chi connectivity index (χ3n) is 3.28. The van der Waals surface area contributed by atoms with Gasteiger partial charge >= 0.3 is 11.9 Å². The highest BCUT2D eigenvalue weighted by atomic mass is 31.2. The molecule has 23 heavy (non-hydrogen) atoms. The lowest BCUT2D eigenvalue weighted by Gasteiger charge is -2.30. The number of carbonyl (C=O) groups is 2. The van der Waals surface area contributed by atoms with Crippen molar-refractivity contribution >= 4 is 19.3 Å². The Balaban J connectivity index is 4.84. The minimum atomic E-state index is -3.20. The molecule has 0 amide bonds. The van der Waals surface area contributed by atoms with Crippen molar-refractivity contribution in [3.63, 3.8) is 0 Å². The van der Waals surface area contributed by atoms with Crippen molar-refractivity contribution in [3.05, 3.63) is 12.2 Å². The summed E-state index contributed by atoms with van der Waals surface area (Å²) >= 11 is 0. The number of carboxylic acids is 1. The zero-order valence-corrected chi connectivity index (χ0v) is 14.4. The van der Waals surface area contributed by atoms with E-state index < -0.39 is 37.9 Å². The second-order valence-corrected chi connectivity index (χ2v) is 8.41. The molecule has 134 valence electrons. The van der Waals surface area contributed by atoms with Gasteiger partial charge in [-0.15, -0.1) is 0 Å². The normalized spacial score (nSPS) is 14.1. The fourth-order valence-electron chi connectivity index (χ4n) is 1.45. The quantitative estimate of drug-likeness (QED) is 0.268. The Kier molecular flexibility index (Phi) is 9.31. The molecule has 0 aromatic carbocycles. The van der Waals surface area contributed by atoms with E-state index in [0.717, 1.165) is 0 Å². The number of esters is 1. The predicted molar refractivity (Wildman–Crippen MR) is 83.6 cm³/mol. The van der Waals surface area contributed by atoms with Gasteiger partial charge in [0, 0.05) is 17.9 Å². The summed E-state index contributed by atoms with van der Waals surface area (Å²) in [5.41, 5.74) is -1.16. The first-order valence-electron chi connectivity index (χ1n) is 7.12. The van der Waals surface area contributed by atoms with Crippen molar-refractivity contribution in [2.75, 3.05) is 38.8 Å². The number of ether oxygens (including phenoxy) is 1. The van der Waals surface area contributed by atoms with Crippen LogP contribution in [0.15, 0.2) is 12.2 Å². The Morgan fingerprint density at radius 2 is 1.78 bits per heavy atom. The molecule has 9 heteroatoms. The first-order chi connectivity index (χ1) is 10.6. The van der Waals surface area contributed by atoms with Crippen LogP contribution in [0.4, 0.5) is 0 Å². The molecular weight excluding hydrogens is 327 g/mol. The van der Waals surface area contributed by atoms with Crippen LogP contribution in [0.1, 0.15) is 20.3 Å². The average Bonchev–Trinajstić information content (AvgIpc) is 2.53. The van der Waals surface area contributed by atoms with Crippen LogP contribution in [0.3, 0.4) is 0 Å². The molecule has 0 fully saturated rings. The molecule has 0 aliphatic rings. The van der Waals surface area contributed by atoms with Crippen LogP contribution >= 0.6 is 7.37 Å². The minimum Gasteiger partial charge on any atom is -0.481 e. The number of hydrogen-bond acceptors (Lipinski definition) is 7. The zero-order valence-electron chi connectivity index (χ0n) is 13.5. The predicted octanol–water partition coefficient (Wildman–Crippen LogP) is 0.866. The highest BCUT2D eigenvalue weighted by Gasteiger charge is 2.35. The van der Waals surface area contributed by atoms with Gasteiger partial charge in [0.1, 0.15) is 6.61 Å². The molecule has 0 aromatic heterocycles. The zero-order chi connectivity index (χ0) is 18.1. The van der Waals surface area contributed by atoms with Crippen molar-refractivity contribution < 1.29 is 38.7 Å². The molecule has 0 saturated heterocycles. The summed E-state index contributed by atoms with van der Waals surface area (Å²) in [4.78, 5) is 22.0. The number of aliphatic carboxylic acids is 1. The topological polar surface area (TPSA) is 130 Å². The van der Waals surface area contributed by atoms with E-state index >= 15 is 0 Å². The maximum absolute atomic E-state index is 12.4. The van der Waals surface area contributed by atoms with Crippen molar-refractivity contribution in [1.82, 2.24) is 0 Å². The second-order valence-electron chi connectivity index (χ2n) is 5.44. The van der Waals surface area contributed by atoms with Gasteiger partial charge in [-0.25, -0.2) is 4.79 Å². The van der Waals surface area contributed by atoms with Gasteiger partial charge in [0.25, 0.3) is 0 Å². The third kappa shape index (κ3) is 7.74. The third-order valence-corrected chi connectivity index (χ3v) is 5.75. The number of carboxylic acid groups (broad SMARTS) is 1. The van der Waals surface area contributed by atoms with Crippen LogP contribution in [-0.4, -0.2) is 66.0 Å². The van der Waals surface area contributed by atoms with Crippen LogP contribution in [0, 0.1) is 5.41 Å². The lowest BCUT2D eigenvalue weighted by molar-refractivity contribution is -0.146. The van der Waals surface area contributed by atoms with Gasteiger partial charge in [0.05, 0.1) is 31.7 Å². The fraction of sp³-hybridized carbons (Fsp3) is 0.714. The highest BCUT2D eigenvalue weighted by molar-refractivity contribution is 7.58. The Hall–Kier alpha value is -1.21. The van der Waals surface area contributed by atoms with Crippen molar-refractivity contribution in [3.8, 4) is 0 Å². The summed E-state index contributed by atoms with van der Waals surface area (Å²) in [6, 6.07) is 0. The van der Waals surface area contributed by atoms with Gasteiger partial charge in [-0.2, -0.15) is 0 Å². The number of rotatable bonds is 12. The highest BCUT2D eigenvalue weighted by Crippen LogP contribution is 2.48. The van der Waals surface area contributed by atoms with E-state index in [4.69, 9.17) is 14.4 Å². The summed E-state index contributed by atoms with van der Waals surface area (Å²) in [6.45, 7) is 4.69. The van der Waals surface area contributed by atoms with Crippen LogP contribution < -0.4 is 0 Å². The molecule has 1 unspecified atom stereocenters. The van der Waals surface area contributed by atoms with Crippen molar-refractivity contribution in [2.24, 2.45) is 5.41 Å². The van der Waals surface area contributed by atoms with Crippen LogP contribution in [-0.2, 0) is 23.4 Å². The summed E-state index contributed by atoms with van der Waals surface area (Å²) in [7, 11) is -3.20. The molecule has 0 aliphatic heterocycles. The van der Waals surface area contributed by atoms with E-state index in [1.807, 2.05) is 0 Å². The van der Waals surface area contributed by atoms with Gasteiger partial charge in [-0.05, 0) is 6.92 Å². The maximum atomic E-state index is 12.4. The lowest BCUT2D eigenvalue weighted by atomic mass is 9.93. The van der Waals surface area contributed by atoms with E-state index in [0.29, 0.717) is 0 Å². The fourth-order valence-corrected chi connectivity index (χ4v) is 3.12. The van der Waals surface area contributed by atoms with E-state index in [9.17, 15) is 24.4 Å². The SMILES string of the molecule is C=C(C)C(=O)OCC(CO)(CO)COP(=O)(CC)CCC(=O)O. The van der Waals surface area contributed by atoms with Gasteiger partial charge < -0.3 is 24.6 Å². The molecule has 0 aliphatic carbocycles. The molecule has 0 bridgehead atoms. The maximum Gasteiger partial charge on any atom is 0.333 e. The second kappa shape index (κ2) is 9.82. The lowest BCUT2D eigenvalue weighted by Crippen LogP contribution is -2.40. The molecule has 0 saturated carbocycles. The van der Waals surface area contributed by atoms with Crippen LogP contribution in [0.5, 0.6) is 0 Å². The van der Waals surface area contributed by atoms with Gasteiger partial charge in [-0.3, -0.25) is 9.36 Å². The first-order valence-corrected chi connectivity index (χ1v) is 9.12. The van der Waals surface area contributed by atoms with E-state index in [1.54, 1.807) is 6.92 Å². The number of carbonyl (C=O) groups excluding carboxylic acids is 1. The Morgan fingerprint density at radius 1 is 1.22 bits per heavy atom. The molecule has 0 spiro atoms. The number of hydrogen-bond donors (Lipinski definition) is 3. The Morgan fingerprint density at radius 3 is 2.17 bits per heavy atom. The first kappa shape index (κ1) is 21.8. The van der Waals surface area contributed by atoms with E-state index in [2.05, 4.69) is 6.58 Å². The molecule has 1 atom stereocenters. The smallest absolute Gasteiger partial charge is 0.333 e. The van der Waals surface area contributed by atoms with Crippen molar-refractivity contribution in [1.29, 1.82) is 0 Å². The molecule has 0 aromatic rings. The van der Waals surface area contributed by atoms with Gasteiger partial charge in [-0.1, -0.05) is 13.5 Å². The summed E-state index contributed by atoms with van der Waals surface area (Å²) in [6.07, 6.45) is -0.322. The Labute approximate surface area is 135 Å². The summed E-state index contributed by atoms with van der Waals surface area (Å²) in [5.74, 6) is -1.77. The standard InChI is InChI=1S/C14H25O8P/c1-4-23(20,6-5-12(17)18)22-10-14(7-15,8-16)9-21-13(19)11(2)3/h15-16H,2,4-10H2,1,3H3,(H,17,18). The monoisotopic (exact) mass is 352 g/mol. The van der Waals surface area contributed by atoms with Crippen molar-refractivity contribution in [2.45, 2.75) is 20.3 Å². The van der Waals surface area contributed by atoms with Gasteiger partial charge in [0.15, 0.2) is 0 Å². The minimum absolute atomic E-state index is 0.124. The molecule has 0 heterocycles. The molecule has 3 N–H and O–H groups in total. The summed E-state index contributed by atoms with van der Waals surface area (Å²) in [5, 5.41) is 27.6. The number of aliphatic hydroxyl groups is 2. The molecular formula is C14H25O8P. The summed E-state index contributed by atoms with van der Waals surface area (Å²) < 4.78 is 22.7.